The number of aldehydes is 1. The topological polar surface area (TPSA) is 61.1 Å². The molecule has 0 aromatic heterocycles. The van der Waals surface area contributed by atoms with Crippen molar-refractivity contribution in [3.8, 4) is 6.07 Å². The minimum absolute atomic E-state index is 0.428. The fourth-order valence-corrected chi connectivity index (χ4v) is 1.13. The van der Waals surface area contributed by atoms with Crippen molar-refractivity contribution >= 4 is 6.29 Å². The Morgan fingerprint density at radius 2 is 2.00 bits per heavy atom. The van der Waals surface area contributed by atoms with Crippen LogP contribution >= 0.6 is 0 Å². The van der Waals surface area contributed by atoms with Gasteiger partial charge in [0.2, 0.25) is 0 Å². The molecule has 3 heteroatoms. The van der Waals surface area contributed by atoms with Gasteiger partial charge < -0.3 is 9.90 Å². The van der Waals surface area contributed by atoms with Crippen molar-refractivity contribution < 1.29 is 9.90 Å². The summed E-state index contributed by atoms with van der Waals surface area (Å²) in [6, 6.07) is 8.54. The van der Waals surface area contributed by atoms with Crippen molar-refractivity contribution in [3.05, 3.63) is 35.4 Å². The maximum absolute atomic E-state index is 10.4. The Labute approximate surface area is 82.6 Å². The third kappa shape index (κ3) is 2.18. The molecule has 72 valence electrons. The molecular formula is C11H11NO2. The van der Waals surface area contributed by atoms with E-state index in [-0.39, 0.29) is 0 Å². The van der Waals surface area contributed by atoms with E-state index in [9.17, 15) is 9.90 Å². The zero-order chi connectivity index (χ0) is 10.6. The fourth-order valence-electron chi connectivity index (χ4n) is 1.13. The summed E-state index contributed by atoms with van der Waals surface area (Å²) in [6.45, 7) is 1.65. The van der Waals surface area contributed by atoms with E-state index >= 15 is 0 Å². The van der Waals surface area contributed by atoms with Gasteiger partial charge in [-0.05, 0) is 17.7 Å². The summed E-state index contributed by atoms with van der Waals surface area (Å²) in [4.78, 5) is 10.4. The van der Waals surface area contributed by atoms with Gasteiger partial charge in [0.25, 0.3) is 0 Å². The average molecular weight is 189 g/mol. The van der Waals surface area contributed by atoms with Crippen LogP contribution in [0.25, 0.3) is 0 Å². The molecule has 0 amide bonds. The molecule has 0 fully saturated rings. The van der Waals surface area contributed by atoms with E-state index in [1.54, 1.807) is 31.2 Å². The largest absolute Gasteiger partial charge is 0.388 e. The van der Waals surface area contributed by atoms with Crippen LogP contribution in [0, 0.1) is 17.2 Å². The number of hydrogen-bond acceptors (Lipinski definition) is 3. The molecule has 1 rings (SSSR count). The molecule has 14 heavy (non-hydrogen) atoms. The van der Waals surface area contributed by atoms with Crippen LogP contribution in [0.15, 0.2) is 24.3 Å². The Morgan fingerprint density at radius 3 is 2.43 bits per heavy atom. The molecule has 0 heterocycles. The summed E-state index contributed by atoms with van der Waals surface area (Å²) in [5.41, 5.74) is 1.20. The molecule has 3 nitrogen and oxygen atoms in total. The zero-order valence-electron chi connectivity index (χ0n) is 7.84. The number of rotatable bonds is 3. The van der Waals surface area contributed by atoms with Gasteiger partial charge in [0.05, 0.1) is 17.7 Å². The number of carbonyl (C=O) groups is 1. The first-order chi connectivity index (χ1) is 6.69. The Morgan fingerprint density at radius 1 is 1.43 bits per heavy atom. The highest BCUT2D eigenvalue weighted by molar-refractivity contribution is 5.54. The van der Waals surface area contributed by atoms with Gasteiger partial charge in [0.15, 0.2) is 0 Å². The minimum Gasteiger partial charge on any atom is -0.388 e. The van der Waals surface area contributed by atoms with E-state index in [0.717, 1.165) is 0 Å². The van der Waals surface area contributed by atoms with Crippen molar-refractivity contribution in [2.45, 2.75) is 13.0 Å². The minimum atomic E-state index is -0.791. The molecule has 0 aliphatic carbocycles. The van der Waals surface area contributed by atoms with Crippen molar-refractivity contribution in [2.24, 2.45) is 5.92 Å². The van der Waals surface area contributed by atoms with Crippen LogP contribution in [0.1, 0.15) is 24.2 Å². The van der Waals surface area contributed by atoms with Crippen molar-refractivity contribution in [1.29, 1.82) is 5.26 Å². The molecule has 0 saturated carbocycles. The van der Waals surface area contributed by atoms with Crippen LogP contribution in [0.5, 0.6) is 0 Å². The summed E-state index contributed by atoms with van der Waals surface area (Å²) in [7, 11) is 0. The Hall–Kier alpha value is -1.66. The van der Waals surface area contributed by atoms with E-state index < -0.39 is 12.0 Å². The molecule has 1 aromatic rings. The lowest BCUT2D eigenvalue weighted by molar-refractivity contribution is -0.113. The van der Waals surface area contributed by atoms with Gasteiger partial charge in [-0.15, -0.1) is 0 Å². The molecule has 0 radical (unpaired) electrons. The second-order valence-electron chi connectivity index (χ2n) is 3.17. The van der Waals surface area contributed by atoms with Gasteiger partial charge in [-0.2, -0.15) is 5.26 Å². The SMILES string of the molecule is C[C@@H](C=O)[C@H](O)c1ccc(C#N)cc1. The predicted octanol–water partition coefficient (Wildman–Crippen LogP) is 1.43. The van der Waals surface area contributed by atoms with Gasteiger partial charge in [-0.3, -0.25) is 0 Å². The molecule has 2 atom stereocenters. The lowest BCUT2D eigenvalue weighted by Crippen LogP contribution is -2.09. The second kappa shape index (κ2) is 4.54. The standard InChI is InChI=1S/C11H11NO2/c1-8(7-13)11(14)10-4-2-9(6-12)3-5-10/h2-5,7-8,11,14H,1H3/t8-,11-/m0/s1. The maximum atomic E-state index is 10.4. The number of aliphatic hydroxyl groups is 1. The maximum Gasteiger partial charge on any atom is 0.125 e. The molecule has 1 N–H and O–H groups in total. The first-order valence-corrected chi connectivity index (χ1v) is 4.32. The van der Waals surface area contributed by atoms with Crippen molar-refractivity contribution in [1.82, 2.24) is 0 Å². The third-order valence-electron chi connectivity index (χ3n) is 2.09. The smallest absolute Gasteiger partial charge is 0.125 e. The van der Waals surface area contributed by atoms with Crippen LogP contribution in [-0.2, 0) is 4.79 Å². The molecule has 0 aliphatic rings. The number of carbonyl (C=O) groups excluding carboxylic acids is 1. The van der Waals surface area contributed by atoms with E-state index in [2.05, 4.69) is 0 Å². The number of nitrogens with zero attached hydrogens (tertiary/aromatic N) is 1. The summed E-state index contributed by atoms with van der Waals surface area (Å²) in [5.74, 6) is -0.428. The van der Waals surface area contributed by atoms with Crippen LogP contribution in [0.3, 0.4) is 0 Å². The summed E-state index contributed by atoms with van der Waals surface area (Å²) >= 11 is 0. The van der Waals surface area contributed by atoms with Gasteiger partial charge >= 0.3 is 0 Å². The van der Waals surface area contributed by atoms with E-state index in [4.69, 9.17) is 5.26 Å². The van der Waals surface area contributed by atoms with Crippen LogP contribution in [0.4, 0.5) is 0 Å². The molecule has 0 bridgehead atoms. The zero-order valence-corrected chi connectivity index (χ0v) is 7.84. The second-order valence-corrected chi connectivity index (χ2v) is 3.17. The van der Waals surface area contributed by atoms with Crippen molar-refractivity contribution in [3.63, 3.8) is 0 Å². The first kappa shape index (κ1) is 10.4. The molecular weight excluding hydrogens is 178 g/mol. The van der Waals surface area contributed by atoms with Crippen LogP contribution in [0.2, 0.25) is 0 Å². The third-order valence-corrected chi connectivity index (χ3v) is 2.09. The Kier molecular flexibility index (Phi) is 3.38. The van der Waals surface area contributed by atoms with Crippen LogP contribution in [-0.4, -0.2) is 11.4 Å². The lowest BCUT2D eigenvalue weighted by atomic mass is 9.98. The summed E-state index contributed by atoms with van der Waals surface area (Å²) in [6.07, 6.45) is -0.0803. The van der Waals surface area contributed by atoms with Gasteiger partial charge in [-0.25, -0.2) is 0 Å². The monoisotopic (exact) mass is 189 g/mol. The number of hydrogen-bond donors (Lipinski definition) is 1. The van der Waals surface area contributed by atoms with Gasteiger partial charge in [0, 0.05) is 5.92 Å². The normalized spacial score (nSPS) is 14.1. The fraction of sp³-hybridized carbons (Fsp3) is 0.273. The molecule has 0 spiro atoms. The van der Waals surface area contributed by atoms with Gasteiger partial charge in [-0.1, -0.05) is 19.1 Å². The average Bonchev–Trinajstić information content (AvgIpc) is 2.27. The number of benzene rings is 1. The predicted molar refractivity (Wildman–Crippen MR) is 51.3 cm³/mol. The van der Waals surface area contributed by atoms with Crippen molar-refractivity contribution in [2.75, 3.05) is 0 Å². The molecule has 0 saturated heterocycles. The Bertz CT molecular complexity index is 351. The van der Waals surface area contributed by atoms with E-state index in [1.807, 2.05) is 6.07 Å². The quantitative estimate of drug-likeness (QED) is 0.731. The summed E-state index contributed by atoms with van der Waals surface area (Å²) in [5, 5.41) is 18.2. The van der Waals surface area contributed by atoms with E-state index in [1.165, 1.54) is 0 Å². The number of nitriles is 1. The van der Waals surface area contributed by atoms with Gasteiger partial charge in [0.1, 0.15) is 6.29 Å². The molecule has 1 aromatic carbocycles. The highest BCUT2D eigenvalue weighted by Gasteiger charge is 2.14. The highest BCUT2D eigenvalue weighted by Crippen LogP contribution is 2.20. The Balaban J connectivity index is 2.87. The molecule has 0 unspecified atom stereocenters. The first-order valence-electron chi connectivity index (χ1n) is 4.32. The number of aliphatic hydroxyl groups excluding tert-OH is 1. The van der Waals surface area contributed by atoms with E-state index in [0.29, 0.717) is 17.4 Å². The highest BCUT2D eigenvalue weighted by atomic mass is 16.3. The summed E-state index contributed by atoms with van der Waals surface area (Å²) < 4.78 is 0. The molecule has 0 aliphatic heterocycles. The van der Waals surface area contributed by atoms with Crippen LogP contribution < -0.4 is 0 Å². The lowest BCUT2D eigenvalue weighted by Gasteiger charge is -2.13.